The Kier molecular flexibility index (Phi) is 3.64. The van der Waals surface area contributed by atoms with Crippen molar-refractivity contribution >= 4 is 5.97 Å². The van der Waals surface area contributed by atoms with E-state index in [1.54, 1.807) is 31.2 Å². The molecule has 0 atom stereocenters. The SMILES string of the molecule is C=C(C)C(=O)OCc1ccc(C#N)cc1. The summed E-state index contributed by atoms with van der Waals surface area (Å²) < 4.78 is 4.94. The Morgan fingerprint density at radius 2 is 2.07 bits per heavy atom. The normalized spacial score (nSPS) is 9.07. The molecule has 0 saturated carbocycles. The summed E-state index contributed by atoms with van der Waals surface area (Å²) in [6.45, 7) is 5.28. The number of nitrogens with zero attached hydrogens (tertiary/aromatic N) is 1. The van der Waals surface area contributed by atoms with E-state index in [1.165, 1.54) is 0 Å². The van der Waals surface area contributed by atoms with Crippen LogP contribution in [0.1, 0.15) is 18.1 Å². The summed E-state index contributed by atoms with van der Waals surface area (Å²) in [4.78, 5) is 11.1. The number of rotatable bonds is 3. The Labute approximate surface area is 88.6 Å². The van der Waals surface area contributed by atoms with E-state index in [-0.39, 0.29) is 6.61 Å². The van der Waals surface area contributed by atoms with Crippen LogP contribution in [-0.4, -0.2) is 5.97 Å². The average Bonchev–Trinajstić information content (AvgIpc) is 2.26. The van der Waals surface area contributed by atoms with E-state index in [4.69, 9.17) is 10.00 Å². The number of esters is 1. The van der Waals surface area contributed by atoms with Gasteiger partial charge in [-0.15, -0.1) is 0 Å². The first-order valence-corrected chi connectivity index (χ1v) is 4.45. The molecule has 1 rings (SSSR count). The van der Waals surface area contributed by atoms with Crippen LogP contribution < -0.4 is 0 Å². The maximum Gasteiger partial charge on any atom is 0.333 e. The van der Waals surface area contributed by atoms with Gasteiger partial charge >= 0.3 is 5.97 Å². The molecule has 0 unspecified atom stereocenters. The zero-order valence-electron chi connectivity index (χ0n) is 8.49. The zero-order chi connectivity index (χ0) is 11.3. The quantitative estimate of drug-likeness (QED) is 0.556. The maximum atomic E-state index is 11.1. The number of carbonyl (C=O) groups is 1. The molecule has 0 aliphatic heterocycles. The van der Waals surface area contributed by atoms with Gasteiger partial charge in [-0.05, 0) is 24.6 Å². The number of nitriles is 1. The third-order valence-corrected chi connectivity index (χ3v) is 1.80. The lowest BCUT2D eigenvalue weighted by atomic mass is 10.2. The molecule has 0 aromatic heterocycles. The lowest BCUT2D eigenvalue weighted by molar-refractivity contribution is -0.140. The van der Waals surface area contributed by atoms with Gasteiger partial charge < -0.3 is 4.74 Å². The highest BCUT2D eigenvalue weighted by Gasteiger charge is 2.03. The maximum absolute atomic E-state index is 11.1. The summed E-state index contributed by atoms with van der Waals surface area (Å²) in [5.74, 6) is -0.403. The van der Waals surface area contributed by atoms with Gasteiger partial charge in [0.1, 0.15) is 6.61 Å². The standard InChI is InChI=1S/C12H11NO2/c1-9(2)12(14)15-8-11-5-3-10(7-13)4-6-11/h3-6H,1,8H2,2H3. The molecule has 0 bridgehead atoms. The molecular weight excluding hydrogens is 190 g/mol. The predicted molar refractivity (Wildman–Crippen MR) is 55.8 cm³/mol. The minimum atomic E-state index is -0.403. The highest BCUT2D eigenvalue weighted by Crippen LogP contribution is 2.05. The van der Waals surface area contributed by atoms with Crippen molar-refractivity contribution in [3.8, 4) is 6.07 Å². The molecule has 0 amide bonds. The topological polar surface area (TPSA) is 50.1 Å². The van der Waals surface area contributed by atoms with Gasteiger partial charge in [-0.3, -0.25) is 0 Å². The summed E-state index contributed by atoms with van der Waals surface area (Å²) in [5.41, 5.74) is 1.82. The Morgan fingerprint density at radius 1 is 1.47 bits per heavy atom. The zero-order valence-corrected chi connectivity index (χ0v) is 8.49. The van der Waals surface area contributed by atoms with Crippen LogP contribution in [0.3, 0.4) is 0 Å². The smallest absolute Gasteiger partial charge is 0.333 e. The van der Waals surface area contributed by atoms with Crippen molar-refractivity contribution in [2.45, 2.75) is 13.5 Å². The van der Waals surface area contributed by atoms with Crippen molar-refractivity contribution in [2.24, 2.45) is 0 Å². The Bertz CT molecular complexity index is 412. The molecule has 0 heterocycles. The third kappa shape index (κ3) is 3.28. The first-order chi connectivity index (χ1) is 7.13. The lowest BCUT2D eigenvalue weighted by Crippen LogP contribution is -2.04. The van der Waals surface area contributed by atoms with Crippen LogP contribution in [0, 0.1) is 11.3 Å². The molecule has 0 N–H and O–H groups in total. The van der Waals surface area contributed by atoms with Crippen molar-refractivity contribution < 1.29 is 9.53 Å². The lowest BCUT2D eigenvalue weighted by Gasteiger charge is -2.03. The highest BCUT2D eigenvalue weighted by atomic mass is 16.5. The monoisotopic (exact) mass is 201 g/mol. The number of hydrogen-bond donors (Lipinski definition) is 0. The van der Waals surface area contributed by atoms with Crippen LogP contribution >= 0.6 is 0 Å². The Morgan fingerprint density at radius 3 is 2.53 bits per heavy atom. The number of carbonyl (C=O) groups excluding carboxylic acids is 1. The van der Waals surface area contributed by atoms with Crippen molar-refractivity contribution in [3.63, 3.8) is 0 Å². The summed E-state index contributed by atoms with van der Waals surface area (Å²) in [6, 6.07) is 8.89. The van der Waals surface area contributed by atoms with Crippen LogP contribution in [0.4, 0.5) is 0 Å². The molecule has 0 saturated heterocycles. The second-order valence-electron chi connectivity index (χ2n) is 3.17. The molecule has 15 heavy (non-hydrogen) atoms. The van der Waals surface area contributed by atoms with Gasteiger partial charge in [0.05, 0.1) is 11.6 Å². The Balaban J connectivity index is 2.56. The van der Waals surface area contributed by atoms with Crippen LogP contribution in [0.25, 0.3) is 0 Å². The van der Waals surface area contributed by atoms with Crippen LogP contribution in [-0.2, 0) is 16.1 Å². The van der Waals surface area contributed by atoms with Gasteiger partial charge in [-0.25, -0.2) is 4.79 Å². The van der Waals surface area contributed by atoms with Crippen LogP contribution in [0.15, 0.2) is 36.4 Å². The van der Waals surface area contributed by atoms with Crippen LogP contribution in [0.2, 0.25) is 0 Å². The summed E-state index contributed by atoms with van der Waals surface area (Å²) in [5, 5.41) is 8.57. The first kappa shape index (κ1) is 11.0. The number of ether oxygens (including phenoxy) is 1. The molecule has 0 spiro atoms. The van der Waals surface area contributed by atoms with E-state index in [1.807, 2.05) is 6.07 Å². The van der Waals surface area contributed by atoms with E-state index in [2.05, 4.69) is 6.58 Å². The molecular formula is C12H11NO2. The van der Waals surface area contributed by atoms with Crippen LogP contribution in [0.5, 0.6) is 0 Å². The second kappa shape index (κ2) is 4.97. The summed E-state index contributed by atoms with van der Waals surface area (Å²) in [6.07, 6.45) is 0. The van der Waals surface area contributed by atoms with Gasteiger partial charge in [-0.1, -0.05) is 18.7 Å². The molecule has 0 aliphatic carbocycles. The summed E-state index contributed by atoms with van der Waals surface area (Å²) in [7, 11) is 0. The fourth-order valence-electron chi connectivity index (χ4n) is 0.948. The fourth-order valence-corrected chi connectivity index (χ4v) is 0.948. The Hall–Kier alpha value is -2.08. The van der Waals surface area contributed by atoms with Gasteiger partial charge in [0.25, 0.3) is 0 Å². The number of hydrogen-bond acceptors (Lipinski definition) is 3. The van der Waals surface area contributed by atoms with E-state index in [0.717, 1.165) is 5.56 Å². The minimum absolute atomic E-state index is 0.206. The number of benzene rings is 1. The second-order valence-corrected chi connectivity index (χ2v) is 3.17. The van der Waals surface area contributed by atoms with Crippen molar-refractivity contribution in [1.29, 1.82) is 5.26 Å². The van der Waals surface area contributed by atoms with Gasteiger partial charge in [-0.2, -0.15) is 5.26 Å². The highest BCUT2D eigenvalue weighted by molar-refractivity contribution is 5.86. The van der Waals surface area contributed by atoms with E-state index >= 15 is 0 Å². The molecule has 1 aromatic carbocycles. The van der Waals surface area contributed by atoms with Crippen molar-refractivity contribution in [3.05, 3.63) is 47.5 Å². The minimum Gasteiger partial charge on any atom is -0.457 e. The summed E-state index contributed by atoms with van der Waals surface area (Å²) >= 11 is 0. The molecule has 0 radical (unpaired) electrons. The van der Waals surface area contributed by atoms with Crippen molar-refractivity contribution in [2.75, 3.05) is 0 Å². The molecule has 0 fully saturated rings. The van der Waals surface area contributed by atoms with Gasteiger partial charge in [0, 0.05) is 5.57 Å². The largest absolute Gasteiger partial charge is 0.457 e. The predicted octanol–water partition coefficient (Wildman–Crippen LogP) is 2.18. The first-order valence-electron chi connectivity index (χ1n) is 4.45. The van der Waals surface area contributed by atoms with Gasteiger partial charge in [0.15, 0.2) is 0 Å². The molecule has 3 heteroatoms. The van der Waals surface area contributed by atoms with E-state index < -0.39 is 5.97 Å². The van der Waals surface area contributed by atoms with E-state index in [9.17, 15) is 4.79 Å². The third-order valence-electron chi connectivity index (χ3n) is 1.80. The van der Waals surface area contributed by atoms with Crippen molar-refractivity contribution in [1.82, 2.24) is 0 Å². The fraction of sp³-hybridized carbons (Fsp3) is 0.167. The molecule has 3 nitrogen and oxygen atoms in total. The average molecular weight is 201 g/mol. The molecule has 0 aliphatic rings. The van der Waals surface area contributed by atoms with E-state index in [0.29, 0.717) is 11.1 Å². The van der Waals surface area contributed by atoms with Gasteiger partial charge in [0.2, 0.25) is 0 Å². The molecule has 1 aromatic rings. The molecule has 76 valence electrons.